The smallest absolute Gasteiger partial charge is 0.0457 e. The summed E-state index contributed by atoms with van der Waals surface area (Å²) in [5.74, 6) is 1.81. The molecule has 0 aromatic heterocycles. The van der Waals surface area contributed by atoms with Crippen LogP contribution in [-0.4, -0.2) is 11.4 Å². The molecule has 74 valence electrons. The molecule has 2 N–H and O–H groups in total. The van der Waals surface area contributed by atoms with Crippen LogP contribution in [0.25, 0.3) is 0 Å². The van der Waals surface area contributed by atoms with Gasteiger partial charge in [-0.15, -0.1) is 11.6 Å². The summed E-state index contributed by atoms with van der Waals surface area (Å²) < 4.78 is 0. The lowest BCUT2D eigenvalue weighted by molar-refractivity contribution is -0.0340. The molecule has 0 amide bonds. The molecule has 1 nitrogen and oxygen atoms in total. The van der Waals surface area contributed by atoms with E-state index in [0.29, 0.717) is 5.41 Å². The van der Waals surface area contributed by atoms with Crippen molar-refractivity contribution in [1.29, 1.82) is 0 Å². The van der Waals surface area contributed by atoms with Crippen LogP contribution in [0, 0.1) is 17.3 Å². The molecular weight excluding hydrogens is 182 g/mol. The van der Waals surface area contributed by atoms with Crippen LogP contribution in [0.3, 0.4) is 0 Å². The molecule has 13 heavy (non-hydrogen) atoms. The summed E-state index contributed by atoms with van der Waals surface area (Å²) >= 11 is 6.64. The average Bonchev–Trinajstić information content (AvgIpc) is 1.99. The van der Waals surface area contributed by atoms with Crippen LogP contribution in [0.15, 0.2) is 0 Å². The Morgan fingerprint density at radius 3 is 2.23 bits per heavy atom. The first-order chi connectivity index (χ1) is 6.13. The average molecular weight is 200 g/mol. The van der Waals surface area contributed by atoms with E-state index in [-0.39, 0.29) is 4.87 Å². The van der Waals surface area contributed by atoms with Gasteiger partial charge in [0.2, 0.25) is 0 Å². The van der Waals surface area contributed by atoms with Crippen molar-refractivity contribution in [1.82, 2.24) is 0 Å². The molecule has 4 saturated carbocycles. The van der Waals surface area contributed by atoms with E-state index < -0.39 is 0 Å². The standard InChI is InChI=1S/C11H18ClN/c12-11-4-8-1-9(5-11)3-10(2-8,6-11)7-13/h8-9H,1-7,13H2/t8-,9-,10?,11?/m1/s1. The summed E-state index contributed by atoms with van der Waals surface area (Å²) in [6, 6.07) is 0. The highest BCUT2D eigenvalue weighted by Gasteiger charge is 2.56. The second kappa shape index (κ2) is 2.43. The number of rotatable bonds is 1. The van der Waals surface area contributed by atoms with E-state index in [9.17, 15) is 0 Å². The molecule has 0 radical (unpaired) electrons. The van der Waals surface area contributed by atoms with E-state index in [1.54, 1.807) is 0 Å². The van der Waals surface area contributed by atoms with Gasteiger partial charge in [-0.2, -0.15) is 0 Å². The molecule has 0 aromatic rings. The lowest BCUT2D eigenvalue weighted by Crippen LogP contribution is -2.55. The van der Waals surface area contributed by atoms with Crippen LogP contribution < -0.4 is 5.73 Å². The van der Waals surface area contributed by atoms with E-state index in [2.05, 4.69) is 0 Å². The maximum Gasteiger partial charge on any atom is 0.0457 e. The molecule has 2 heteroatoms. The van der Waals surface area contributed by atoms with Crippen molar-refractivity contribution in [3.8, 4) is 0 Å². The van der Waals surface area contributed by atoms with Crippen molar-refractivity contribution in [3.63, 3.8) is 0 Å². The predicted molar refractivity (Wildman–Crippen MR) is 54.8 cm³/mol. The summed E-state index contributed by atoms with van der Waals surface area (Å²) in [6.45, 7) is 0.870. The second-order valence-electron chi connectivity index (χ2n) is 5.82. The van der Waals surface area contributed by atoms with E-state index in [1.165, 1.54) is 38.5 Å². The van der Waals surface area contributed by atoms with Gasteiger partial charge in [0, 0.05) is 4.87 Å². The van der Waals surface area contributed by atoms with Gasteiger partial charge in [-0.3, -0.25) is 0 Å². The first-order valence-electron chi connectivity index (χ1n) is 5.52. The van der Waals surface area contributed by atoms with Crippen LogP contribution in [0.5, 0.6) is 0 Å². The van der Waals surface area contributed by atoms with Crippen LogP contribution in [0.2, 0.25) is 0 Å². The van der Waals surface area contributed by atoms with Crippen molar-refractivity contribution >= 4 is 11.6 Å². The van der Waals surface area contributed by atoms with Crippen molar-refractivity contribution < 1.29 is 0 Å². The molecule has 0 aliphatic heterocycles. The highest BCUT2D eigenvalue weighted by Crippen LogP contribution is 2.63. The van der Waals surface area contributed by atoms with Crippen molar-refractivity contribution in [3.05, 3.63) is 0 Å². The second-order valence-corrected chi connectivity index (χ2v) is 6.62. The lowest BCUT2D eigenvalue weighted by atomic mass is 9.49. The zero-order chi connectivity index (χ0) is 9.10. The summed E-state index contributed by atoms with van der Waals surface area (Å²) in [4.78, 5) is 0.156. The van der Waals surface area contributed by atoms with Crippen LogP contribution in [0.1, 0.15) is 38.5 Å². The number of hydrogen-bond donors (Lipinski definition) is 1. The van der Waals surface area contributed by atoms with Gasteiger partial charge in [0.05, 0.1) is 0 Å². The Bertz CT molecular complexity index is 224. The van der Waals surface area contributed by atoms with Gasteiger partial charge in [-0.25, -0.2) is 0 Å². The third-order valence-electron chi connectivity index (χ3n) is 4.54. The third kappa shape index (κ3) is 1.16. The Labute approximate surface area is 85.0 Å². The zero-order valence-electron chi connectivity index (χ0n) is 8.06. The molecule has 0 spiro atoms. The maximum atomic E-state index is 6.64. The molecule has 4 aliphatic rings. The first kappa shape index (κ1) is 8.55. The largest absolute Gasteiger partial charge is 0.330 e. The molecule has 0 heterocycles. The van der Waals surface area contributed by atoms with Crippen molar-refractivity contribution in [2.75, 3.05) is 6.54 Å². The molecular formula is C11H18ClN. The molecule has 0 saturated heterocycles. The van der Waals surface area contributed by atoms with Gasteiger partial charge < -0.3 is 5.73 Å². The number of nitrogens with two attached hydrogens (primary N) is 1. The van der Waals surface area contributed by atoms with E-state index in [0.717, 1.165) is 18.4 Å². The number of alkyl halides is 1. The monoisotopic (exact) mass is 199 g/mol. The third-order valence-corrected chi connectivity index (χ3v) is 4.99. The van der Waals surface area contributed by atoms with Gasteiger partial charge in [-0.1, -0.05) is 0 Å². The van der Waals surface area contributed by atoms with Crippen molar-refractivity contribution in [2.45, 2.75) is 43.4 Å². The predicted octanol–water partition coefficient (Wildman–Crippen LogP) is 2.52. The van der Waals surface area contributed by atoms with E-state index in [1.807, 2.05) is 0 Å². The van der Waals surface area contributed by atoms with Gasteiger partial charge >= 0.3 is 0 Å². The minimum absolute atomic E-state index is 0.156. The number of hydrogen-bond acceptors (Lipinski definition) is 1. The van der Waals surface area contributed by atoms with Gasteiger partial charge in [0.1, 0.15) is 0 Å². The van der Waals surface area contributed by atoms with E-state index in [4.69, 9.17) is 17.3 Å². The SMILES string of the molecule is NCC12C[C@H]3C[C@@H](CC(Cl)(C3)C1)C2. The lowest BCUT2D eigenvalue weighted by Gasteiger charge is -2.59. The van der Waals surface area contributed by atoms with Gasteiger partial charge in [-0.05, 0) is 62.3 Å². The van der Waals surface area contributed by atoms with Crippen molar-refractivity contribution in [2.24, 2.45) is 23.0 Å². The molecule has 2 atom stereocenters. The molecule has 4 rings (SSSR count). The first-order valence-corrected chi connectivity index (χ1v) is 5.90. The molecule has 0 unspecified atom stereocenters. The van der Waals surface area contributed by atoms with Crippen LogP contribution >= 0.6 is 11.6 Å². The maximum absolute atomic E-state index is 6.64. The van der Waals surface area contributed by atoms with Crippen LogP contribution in [-0.2, 0) is 0 Å². The van der Waals surface area contributed by atoms with Crippen LogP contribution in [0.4, 0.5) is 0 Å². The summed E-state index contributed by atoms with van der Waals surface area (Å²) in [6.07, 6.45) is 7.92. The molecule has 4 aliphatic carbocycles. The summed E-state index contributed by atoms with van der Waals surface area (Å²) in [7, 11) is 0. The Hall–Kier alpha value is 0.250. The van der Waals surface area contributed by atoms with Gasteiger partial charge in [0.15, 0.2) is 0 Å². The Morgan fingerprint density at radius 1 is 1.15 bits per heavy atom. The van der Waals surface area contributed by atoms with Gasteiger partial charge in [0.25, 0.3) is 0 Å². The quantitative estimate of drug-likeness (QED) is 0.646. The molecule has 0 aromatic carbocycles. The number of halogens is 1. The summed E-state index contributed by atoms with van der Waals surface area (Å²) in [5.41, 5.74) is 6.38. The molecule has 4 fully saturated rings. The fraction of sp³-hybridized carbons (Fsp3) is 1.00. The fourth-order valence-electron chi connectivity index (χ4n) is 4.57. The highest BCUT2D eigenvalue weighted by atomic mass is 35.5. The summed E-state index contributed by atoms with van der Waals surface area (Å²) in [5, 5.41) is 0. The minimum Gasteiger partial charge on any atom is -0.330 e. The Kier molecular flexibility index (Phi) is 1.60. The molecule has 4 bridgehead atoms. The highest BCUT2D eigenvalue weighted by molar-refractivity contribution is 6.24. The topological polar surface area (TPSA) is 26.0 Å². The normalized spacial score (nSPS) is 58.6. The fourth-order valence-corrected chi connectivity index (χ4v) is 5.29. The minimum atomic E-state index is 0.156. The zero-order valence-corrected chi connectivity index (χ0v) is 8.82. The van der Waals surface area contributed by atoms with E-state index >= 15 is 0 Å². The Morgan fingerprint density at radius 2 is 1.77 bits per heavy atom. The Balaban J connectivity index is 1.95.